The zero-order chi connectivity index (χ0) is 21.4. The van der Waals surface area contributed by atoms with Crippen molar-refractivity contribution in [1.29, 1.82) is 0 Å². The van der Waals surface area contributed by atoms with E-state index in [2.05, 4.69) is 20.7 Å². The third-order valence-corrected chi connectivity index (χ3v) is 4.83. The van der Waals surface area contributed by atoms with E-state index < -0.39 is 0 Å². The van der Waals surface area contributed by atoms with Gasteiger partial charge in [0.25, 0.3) is 0 Å². The highest BCUT2D eigenvalue weighted by Gasteiger charge is 2.10. The van der Waals surface area contributed by atoms with Crippen LogP contribution in [0.5, 0.6) is 5.75 Å². The molecule has 0 saturated heterocycles. The minimum Gasteiger partial charge on any atom is -0.497 e. The van der Waals surface area contributed by atoms with Crippen LogP contribution in [-0.2, 0) is 24.8 Å². The molecule has 1 amide bonds. The lowest BCUT2D eigenvalue weighted by atomic mass is 10.1. The van der Waals surface area contributed by atoms with Crippen LogP contribution in [0.25, 0.3) is 0 Å². The summed E-state index contributed by atoms with van der Waals surface area (Å²) in [4.78, 5) is 18.2. The highest BCUT2D eigenvalue weighted by atomic mass is 16.5. The minimum absolute atomic E-state index is 0.0107. The summed E-state index contributed by atoms with van der Waals surface area (Å²) >= 11 is 0. The monoisotopic (exact) mass is 400 g/mol. The molecule has 0 atom stereocenters. The second kappa shape index (κ2) is 10.5. The average Bonchev–Trinajstić information content (AvgIpc) is 2.95. The maximum absolute atomic E-state index is 11.9. The topological polar surface area (TPSA) is 83.8 Å². The number of likely N-dealkylation sites (N-methyl/N-ethyl adjacent to an activating group) is 1. The second-order valence-corrected chi connectivity index (χ2v) is 7.10. The van der Waals surface area contributed by atoms with Gasteiger partial charge in [0, 0.05) is 38.9 Å². The van der Waals surface area contributed by atoms with Gasteiger partial charge in [0.1, 0.15) is 5.75 Å². The van der Waals surface area contributed by atoms with E-state index >= 15 is 0 Å². The van der Waals surface area contributed by atoms with Gasteiger partial charge in [0.15, 0.2) is 5.96 Å². The van der Waals surface area contributed by atoms with Crippen molar-refractivity contribution >= 4 is 11.9 Å². The highest BCUT2D eigenvalue weighted by molar-refractivity contribution is 5.86. The van der Waals surface area contributed by atoms with Gasteiger partial charge in [-0.05, 0) is 38.0 Å². The van der Waals surface area contributed by atoms with Gasteiger partial charge in [-0.2, -0.15) is 5.10 Å². The molecular formula is C21H32N6O2. The van der Waals surface area contributed by atoms with Gasteiger partial charge in [-0.15, -0.1) is 0 Å². The van der Waals surface area contributed by atoms with E-state index in [9.17, 15) is 4.79 Å². The van der Waals surface area contributed by atoms with E-state index in [1.807, 2.05) is 49.8 Å². The number of rotatable bonds is 8. The Balaban J connectivity index is 2.01. The van der Waals surface area contributed by atoms with Crippen molar-refractivity contribution in [3.8, 4) is 5.75 Å². The Labute approximate surface area is 173 Å². The van der Waals surface area contributed by atoms with Crippen molar-refractivity contribution < 1.29 is 9.53 Å². The Hall–Kier alpha value is -3.03. The Morgan fingerprint density at radius 1 is 1.21 bits per heavy atom. The number of aromatic nitrogens is 2. The van der Waals surface area contributed by atoms with Crippen LogP contribution in [0.4, 0.5) is 0 Å². The summed E-state index contributed by atoms with van der Waals surface area (Å²) in [5.74, 6) is 1.44. The summed E-state index contributed by atoms with van der Waals surface area (Å²) in [5.41, 5.74) is 4.35. The van der Waals surface area contributed by atoms with Crippen LogP contribution < -0.4 is 15.4 Å². The lowest BCUT2D eigenvalue weighted by Crippen LogP contribution is -2.43. The summed E-state index contributed by atoms with van der Waals surface area (Å²) in [6.07, 6.45) is 0.831. The smallest absolute Gasteiger partial charge is 0.241 e. The van der Waals surface area contributed by atoms with Crippen molar-refractivity contribution in [2.75, 3.05) is 34.3 Å². The largest absolute Gasteiger partial charge is 0.497 e. The zero-order valence-corrected chi connectivity index (χ0v) is 18.2. The summed E-state index contributed by atoms with van der Waals surface area (Å²) < 4.78 is 7.05. The first-order valence-corrected chi connectivity index (χ1v) is 9.66. The Morgan fingerprint density at radius 3 is 2.45 bits per heavy atom. The molecule has 1 aromatic heterocycles. The Kier molecular flexibility index (Phi) is 8.06. The first-order chi connectivity index (χ1) is 13.8. The van der Waals surface area contributed by atoms with Crippen molar-refractivity contribution in [3.05, 3.63) is 46.8 Å². The molecule has 0 aliphatic rings. The SMILES string of the molecule is COc1ccc(CCNC(=NCc2c(C)nn(C)c2C)NCC(=O)N(C)C)cc1. The molecular weight excluding hydrogens is 368 g/mol. The second-order valence-electron chi connectivity index (χ2n) is 7.10. The van der Waals surface area contributed by atoms with Crippen molar-refractivity contribution in [2.24, 2.45) is 12.0 Å². The van der Waals surface area contributed by atoms with Gasteiger partial charge in [0.05, 0.1) is 25.9 Å². The number of carbonyl (C=O) groups is 1. The number of carbonyl (C=O) groups excluding carboxylic acids is 1. The first kappa shape index (κ1) is 22.3. The number of benzene rings is 1. The maximum Gasteiger partial charge on any atom is 0.241 e. The molecule has 1 heterocycles. The molecule has 0 aliphatic carbocycles. The molecule has 2 rings (SSSR count). The third kappa shape index (κ3) is 6.51. The number of guanidine groups is 1. The zero-order valence-electron chi connectivity index (χ0n) is 18.2. The van der Waals surface area contributed by atoms with Gasteiger partial charge in [-0.3, -0.25) is 9.48 Å². The van der Waals surface area contributed by atoms with E-state index in [1.54, 1.807) is 26.1 Å². The molecule has 0 unspecified atom stereocenters. The molecule has 0 radical (unpaired) electrons. The van der Waals surface area contributed by atoms with Gasteiger partial charge >= 0.3 is 0 Å². The quantitative estimate of drug-likeness (QED) is 0.517. The van der Waals surface area contributed by atoms with Crippen LogP contribution in [0, 0.1) is 13.8 Å². The van der Waals surface area contributed by atoms with E-state index in [1.165, 1.54) is 5.56 Å². The van der Waals surface area contributed by atoms with Gasteiger partial charge < -0.3 is 20.3 Å². The molecule has 8 heteroatoms. The van der Waals surface area contributed by atoms with Crippen molar-refractivity contribution in [1.82, 2.24) is 25.3 Å². The number of aliphatic imine (C=N–C) groups is 1. The number of nitrogens with one attached hydrogen (secondary N) is 2. The Bertz CT molecular complexity index is 840. The molecule has 2 N–H and O–H groups in total. The summed E-state index contributed by atoms with van der Waals surface area (Å²) in [6.45, 7) is 5.40. The number of hydrogen-bond acceptors (Lipinski definition) is 4. The summed E-state index contributed by atoms with van der Waals surface area (Å²) in [6, 6.07) is 7.99. The van der Waals surface area contributed by atoms with E-state index in [4.69, 9.17) is 4.74 Å². The number of amides is 1. The Morgan fingerprint density at radius 2 is 1.90 bits per heavy atom. The molecule has 2 aromatic rings. The standard InChI is InChI=1S/C21H32N6O2/c1-15-19(16(2)27(5)25-15)13-23-21(24-14-20(28)26(3)4)22-12-11-17-7-9-18(29-6)10-8-17/h7-10H,11-14H2,1-6H3,(H2,22,23,24). The van der Waals surface area contributed by atoms with Crippen molar-refractivity contribution in [3.63, 3.8) is 0 Å². The molecule has 0 spiro atoms. The molecule has 0 saturated carbocycles. The predicted octanol–water partition coefficient (Wildman–Crippen LogP) is 1.41. The lowest BCUT2D eigenvalue weighted by molar-refractivity contribution is -0.127. The fraction of sp³-hybridized carbons (Fsp3) is 0.476. The maximum atomic E-state index is 11.9. The number of ether oxygens (including phenoxy) is 1. The number of nitrogens with zero attached hydrogens (tertiary/aromatic N) is 4. The van der Waals surface area contributed by atoms with Gasteiger partial charge in [-0.1, -0.05) is 12.1 Å². The van der Waals surface area contributed by atoms with Crippen LogP contribution in [0.3, 0.4) is 0 Å². The number of hydrogen-bond donors (Lipinski definition) is 2. The minimum atomic E-state index is -0.0107. The van der Waals surface area contributed by atoms with Crippen LogP contribution in [-0.4, -0.2) is 60.8 Å². The highest BCUT2D eigenvalue weighted by Crippen LogP contribution is 2.13. The van der Waals surface area contributed by atoms with Crippen LogP contribution in [0.2, 0.25) is 0 Å². The van der Waals surface area contributed by atoms with Crippen LogP contribution >= 0.6 is 0 Å². The van der Waals surface area contributed by atoms with Crippen LogP contribution in [0.1, 0.15) is 22.5 Å². The predicted molar refractivity (Wildman–Crippen MR) is 115 cm³/mol. The summed E-state index contributed by atoms with van der Waals surface area (Å²) in [7, 11) is 7.06. The molecule has 0 fully saturated rings. The molecule has 158 valence electrons. The fourth-order valence-corrected chi connectivity index (χ4v) is 2.81. The van der Waals surface area contributed by atoms with Gasteiger partial charge in [-0.25, -0.2) is 4.99 Å². The van der Waals surface area contributed by atoms with E-state index in [-0.39, 0.29) is 12.5 Å². The molecule has 1 aromatic carbocycles. The molecule has 0 bridgehead atoms. The van der Waals surface area contributed by atoms with Crippen LogP contribution in [0.15, 0.2) is 29.3 Å². The lowest BCUT2D eigenvalue weighted by Gasteiger charge is -2.15. The van der Waals surface area contributed by atoms with E-state index in [0.29, 0.717) is 19.0 Å². The molecule has 29 heavy (non-hydrogen) atoms. The number of methoxy groups -OCH3 is 1. The van der Waals surface area contributed by atoms with Gasteiger partial charge in [0.2, 0.25) is 5.91 Å². The van der Waals surface area contributed by atoms with E-state index in [0.717, 1.165) is 29.1 Å². The molecule has 8 nitrogen and oxygen atoms in total. The number of aryl methyl sites for hydroxylation is 2. The third-order valence-electron chi connectivity index (χ3n) is 4.83. The first-order valence-electron chi connectivity index (χ1n) is 9.66. The fourth-order valence-electron chi connectivity index (χ4n) is 2.81. The average molecular weight is 401 g/mol. The summed E-state index contributed by atoms with van der Waals surface area (Å²) in [5, 5.41) is 10.9. The molecule has 0 aliphatic heterocycles. The van der Waals surface area contributed by atoms with Crippen molar-refractivity contribution in [2.45, 2.75) is 26.8 Å². The normalized spacial score (nSPS) is 11.3.